The summed E-state index contributed by atoms with van der Waals surface area (Å²) < 4.78 is 0.957. The Hall–Kier alpha value is -2.18. The van der Waals surface area contributed by atoms with Crippen LogP contribution in [0.5, 0.6) is 0 Å². The van der Waals surface area contributed by atoms with E-state index in [2.05, 4.69) is 21.2 Å². The molecule has 3 rings (SSSR count). The van der Waals surface area contributed by atoms with E-state index in [1.807, 2.05) is 36.4 Å². The Balaban J connectivity index is 1.95. The molecule has 0 saturated carbocycles. The highest BCUT2D eigenvalue weighted by Gasteiger charge is 2.30. The minimum atomic E-state index is -0.425. The fourth-order valence-electron chi connectivity index (χ4n) is 2.44. The van der Waals surface area contributed by atoms with Gasteiger partial charge in [-0.3, -0.25) is 14.5 Å². The molecule has 2 aromatic carbocycles. The van der Waals surface area contributed by atoms with Crippen LogP contribution in [-0.2, 0) is 9.59 Å². The fraction of sp³-hybridized carbons (Fsp3) is 0.125. The monoisotopic (exact) mass is 360 g/mol. The molecule has 0 aliphatic carbocycles. The molecule has 5 nitrogen and oxygen atoms in total. The molecule has 6 heteroatoms. The van der Waals surface area contributed by atoms with Gasteiger partial charge in [0.15, 0.2) is 0 Å². The average molecular weight is 361 g/mol. The Morgan fingerprint density at radius 2 is 1.82 bits per heavy atom. The number of fused-ring (bicyclic) bond motifs is 1. The number of nitrogens with one attached hydrogen (secondary N) is 1. The molecule has 0 bridgehead atoms. The molecular weight excluding hydrogens is 348 g/mol. The number of anilines is 1. The lowest BCUT2D eigenvalue weighted by molar-refractivity contribution is -0.137. The molecule has 1 heterocycles. The standard InChI is InChI=1S/C16H13BrN2O3/c17-12-5-1-4-11-10(12)3-2-6-13(11)18-14-9-15(21)19(7-8-20)16(14)22/h1-6,9,18,20H,7-8H2. The van der Waals surface area contributed by atoms with Crippen molar-refractivity contribution in [1.82, 2.24) is 4.90 Å². The van der Waals surface area contributed by atoms with Crippen LogP contribution in [0.2, 0.25) is 0 Å². The van der Waals surface area contributed by atoms with Crippen LogP contribution in [0, 0.1) is 0 Å². The number of aliphatic hydroxyl groups is 1. The van der Waals surface area contributed by atoms with E-state index < -0.39 is 11.8 Å². The molecule has 2 N–H and O–H groups in total. The Labute approximate surface area is 135 Å². The number of halogens is 1. The number of aliphatic hydroxyl groups excluding tert-OH is 1. The first-order valence-corrected chi connectivity index (χ1v) is 7.54. The lowest BCUT2D eigenvalue weighted by atomic mass is 10.1. The van der Waals surface area contributed by atoms with Gasteiger partial charge in [-0.2, -0.15) is 0 Å². The van der Waals surface area contributed by atoms with Gasteiger partial charge in [-0.1, -0.05) is 40.2 Å². The van der Waals surface area contributed by atoms with Crippen LogP contribution in [0.15, 0.2) is 52.6 Å². The predicted octanol–water partition coefficient (Wildman–Crippen LogP) is 2.26. The van der Waals surface area contributed by atoms with Gasteiger partial charge in [0, 0.05) is 21.6 Å². The zero-order valence-corrected chi connectivity index (χ0v) is 13.1. The first-order valence-electron chi connectivity index (χ1n) is 6.74. The number of carbonyl (C=O) groups excluding carboxylic acids is 2. The van der Waals surface area contributed by atoms with Gasteiger partial charge in [0.2, 0.25) is 0 Å². The van der Waals surface area contributed by atoms with Crippen molar-refractivity contribution >= 4 is 44.2 Å². The van der Waals surface area contributed by atoms with Crippen LogP contribution < -0.4 is 5.32 Å². The summed E-state index contributed by atoms with van der Waals surface area (Å²) in [5.41, 5.74) is 0.961. The van der Waals surface area contributed by atoms with Gasteiger partial charge in [0.25, 0.3) is 11.8 Å². The molecule has 0 radical (unpaired) electrons. The van der Waals surface area contributed by atoms with Crippen molar-refractivity contribution in [2.24, 2.45) is 0 Å². The minimum absolute atomic E-state index is 0.000429. The number of nitrogens with zero attached hydrogens (tertiary/aromatic N) is 1. The summed E-state index contributed by atoms with van der Waals surface area (Å²) in [4.78, 5) is 24.9. The highest BCUT2D eigenvalue weighted by atomic mass is 79.9. The molecule has 22 heavy (non-hydrogen) atoms. The van der Waals surface area contributed by atoms with Crippen LogP contribution in [-0.4, -0.2) is 35.0 Å². The third kappa shape index (κ3) is 2.51. The SMILES string of the molecule is O=C1C=C(Nc2cccc3c(Br)cccc23)C(=O)N1CCO. The van der Waals surface area contributed by atoms with Gasteiger partial charge >= 0.3 is 0 Å². The molecule has 0 fully saturated rings. The number of hydrogen-bond donors (Lipinski definition) is 2. The van der Waals surface area contributed by atoms with Crippen LogP contribution >= 0.6 is 15.9 Å². The van der Waals surface area contributed by atoms with Crippen molar-refractivity contribution in [2.75, 3.05) is 18.5 Å². The largest absolute Gasteiger partial charge is 0.395 e. The van der Waals surface area contributed by atoms with Gasteiger partial charge < -0.3 is 10.4 Å². The molecule has 1 aliphatic heterocycles. The number of carbonyl (C=O) groups is 2. The second kappa shape index (κ2) is 5.90. The zero-order valence-electron chi connectivity index (χ0n) is 11.5. The summed E-state index contributed by atoms with van der Waals surface area (Å²) in [6, 6.07) is 11.5. The van der Waals surface area contributed by atoms with Crippen LogP contribution in [0.4, 0.5) is 5.69 Å². The smallest absolute Gasteiger partial charge is 0.277 e. The molecule has 2 amide bonds. The molecule has 112 valence electrons. The highest BCUT2D eigenvalue weighted by Crippen LogP contribution is 2.30. The van der Waals surface area contributed by atoms with Crippen LogP contribution in [0.1, 0.15) is 0 Å². The van der Waals surface area contributed by atoms with Crippen molar-refractivity contribution in [2.45, 2.75) is 0 Å². The Kier molecular flexibility index (Phi) is 3.96. The summed E-state index contributed by atoms with van der Waals surface area (Å²) in [7, 11) is 0. The van der Waals surface area contributed by atoms with Crippen molar-refractivity contribution in [3.8, 4) is 0 Å². The quantitative estimate of drug-likeness (QED) is 0.820. The molecule has 0 saturated heterocycles. The van der Waals surface area contributed by atoms with Gasteiger partial charge in [-0.15, -0.1) is 0 Å². The Morgan fingerprint density at radius 3 is 2.59 bits per heavy atom. The Bertz CT molecular complexity index is 801. The lowest BCUT2D eigenvalue weighted by Gasteiger charge is -2.14. The lowest BCUT2D eigenvalue weighted by Crippen LogP contribution is -2.34. The Morgan fingerprint density at radius 1 is 1.09 bits per heavy atom. The summed E-state index contributed by atoms with van der Waals surface area (Å²) in [5.74, 6) is -0.839. The van der Waals surface area contributed by atoms with Crippen LogP contribution in [0.25, 0.3) is 10.8 Å². The van der Waals surface area contributed by atoms with Crippen molar-refractivity contribution in [1.29, 1.82) is 0 Å². The van der Waals surface area contributed by atoms with E-state index in [-0.39, 0.29) is 18.8 Å². The number of amides is 2. The van der Waals surface area contributed by atoms with Crippen molar-refractivity contribution < 1.29 is 14.7 Å². The molecule has 0 atom stereocenters. The number of benzene rings is 2. The molecule has 1 aliphatic rings. The van der Waals surface area contributed by atoms with Gasteiger partial charge in [-0.25, -0.2) is 0 Å². The number of hydrogen-bond acceptors (Lipinski definition) is 4. The maximum absolute atomic E-state index is 12.2. The summed E-state index contributed by atoms with van der Waals surface area (Å²) in [6.45, 7) is -0.250. The second-order valence-corrected chi connectivity index (χ2v) is 5.70. The van der Waals surface area contributed by atoms with Gasteiger partial charge in [-0.05, 0) is 17.5 Å². The average Bonchev–Trinajstić information content (AvgIpc) is 2.76. The van der Waals surface area contributed by atoms with E-state index in [0.29, 0.717) is 0 Å². The third-order valence-electron chi connectivity index (χ3n) is 3.47. The first-order chi connectivity index (χ1) is 10.6. The first kappa shape index (κ1) is 14.7. The summed E-state index contributed by atoms with van der Waals surface area (Å²) >= 11 is 3.50. The summed E-state index contributed by atoms with van der Waals surface area (Å²) in [6.07, 6.45) is 1.26. The molecule has 2 aromatic rings. The molecular formula is C16H13BrN2O3. The number of rotatable bonds is 4. The fourth-order valence-corrected chi connectivity index (χ4v) is 2.93. The third-order valence-corrected chi connectivity index (χ3v) is 4.16. The molecule has 0 aromatic heterocycles. The van der Waals surface area contributed by atoms with Crippen LogP contribution in [0.3, 0.4) is 0 Å². The maximum atomic E-state index is 12.2. The van der Waals surface area contributed by atoms with E-state index in [1.54, 1.807) is 0 Å². The number of imide groups is 1. The van der Waals surface area contributed by atoms with Crippen molar-refractivity contribution in [3.05, 3.63) is 52.6 Å². The highest BCUT2D eigenvalue weighted by molar-refractivity contribution is 9.10. The second-order valence-electron chi connectivity index (χ2n) is 4.84. The number of β-amino-alcohol motifs (C(OH)–C–C–N with tert-alkyl or cyclic N) is 1. The van der Waals surface area contributed by atoms with E-state index in [4.69, 9.17) is 5.11 Å². The maximum Gasteiger partial charge on any atom is 0.277 e. The zero-order chi connectivity index (χ0) is 15.7. The van der Waals surface area contributed by atoms with E-state index in [1.165, 1.54) is 6.08 Å². The van der Waals surface area contributed by atoms with E-state index in [0.717, 1.165) is 25.8 Å². The molecule has 0 spiro atoms. The molecule has 0 unspecified atom stereocenters. The van der Waals surface area contributed by atoms with E-state index >= 15 is 0 Å². The normalized spacial score (nSPS) is 14.6. The van der Waals surface area contributed by atoms with Crippen molar-refractivity contribution in [3.63, 3.8) is 0 Å². The van der Waals surface area contributed by atoms with Gasteiger partial charge in [0.05, 0.1) is 13.2 Å². The topological polar surface area (TPSA) is 69.6 Å². The minimum Gasteiger partial charge on any atom is -0.395 e. The van der Waals surface area contributed by atoms with E-state index in [9.17, 15) is 9.59 Å². The predicted molar refractivity (Wildman–Crippen MR) is 87.2 cm³/mol. The summed E-state index contributed by atoms with van der Waals surface area (Å²) in [5, 5.41) is 13.9. The van der Waals surface area contributed by atoms with Gasteiger partial charge in [0.1, 0.15) is 5.70 Å².